The van der Waals surface area contributed by atoms with Crippen molar-refractivity contribution in [3.05, 3.63) is 29.8 Å². The molecule has 0 aromatic heterocycles. The Balaban J connectivity index is 1.45. The first-order valence-corrected chi connectivity index (χ1v) is 10.2. The fourth-order valence-corrected chi connectivity index (χ4v) is 4.01. The standard InChI is InChI=1S/C20H27F3N4O2/c1-15(19(29)24-17-6-4-16(5-7-17)20(21,22)23)26-12-10-25(11-13-26)14-18(28)27-8-2-3-9-27/h4-7,15H,2-3,8-14H2,1H3,(H,24,29)/p+2/t15-/m0/s1. The van der Waals surface area contributed by atoms with Crippen LogP contribution >= 0.6 is 0 Å². The number of nitrogens with zero attached hydrogens (tertiary/aromatic N) is 1. The van der Waals surface area contributed by atoms with Crippen molar-refractivity contribution >= 4 is 17.5 Å². The summed E-state index contributed by atoms with van der Waals surface area (Å²) in [5.74, 6) is 0.00500. The molecule has 9 heteroatoms. The molecule has 2 aliphatic heterocycles. The van der Waals surface area contributed by atoms with Crippen LogP contribution in [0.1, 0.15) is 25.3 Å². The highest BCUT2D eigenvalue weighted by Crippen LogP contribution is 2.29. The van der Waals surface area contributed by atoms with Crippen molar-refractivity contribution in [3.8, 4) is 0 Å². The first kappa shape index (κ1) is 21.6. The van der Waals surface area contributed by atoms with E-state index in [0.29, 0.717) is 12.2 Å². The van der Waals surface area contributed by atoms with Crippen LogP contribution in [-0.2, 0) is 15.8 Å². The number of hydrogen-bond donors (Lipinski definition) is 3. The summed E-state index contributed by atoms with van der Waals surface area (Å²) in [4.78, 5) is 29.1. The Morgan fingerprint density at radius 1 is 1.07 bits per heavy atom. The van der Waals surface area contributed by atoms with Gasteiger partial charge >= 0.3 is 6.18 Å². The van der Waals surface area contributed by atoms with Gasteiger partial charge in [0.05, 0.1) is 5.56 Å². The average Bonchev–Trinajstić information content (AvgIpc) is 3.23. The summed E-state index contributed by atoms with van der Waals surface area (Å²) < 4.78 is 37.9. The van der Waals surface area contributed by atoms with Crippen molar-refractivity contribution in [1.82, 2.24) is 4.90 Å². The van der Waals surface area contributed by atoms with E-state index in [1.54, 1.807) is 0 Å². The van der Waals surface area contributed by atoms with Crippen LogP contribution < -0.4 is 15.1 Å². The number of likely N-dealkylation sites (tertiary alicyclic amines) is 1. The van der Waals surface area contributed by atoms with Gasteiger partial charge in [-0.15, -0.1) is 0 Å². The molecule has 0 saturated carbocycles. The Kier molecular flexibility index (Phi) is 6.79. The lowest BCUT2D eigenvalue weighted by Gasteiger charge is -2.32. The number of carbonyl (C=O) groups excluding carboxylic acids is 2. The number of halogens is 3. The van der Waals surface area contributed by atoms with Crippen LogP contribution in [0, 0.1) is 0 Å². The fraction of sp³-hybridized carbons (Fsp3) is 0.600. The van der Waals surface area contributed by atoms with Crippen molar-refractivity contribution in [2.24, 2.45) is 0 Å². The highest BCUT2D eigenvalue weighted by Gasteiger charge is 2.33. The molecule has 1 aromatic carbocycles. The molecule has 6 nitrogen and oxygen atoms in total. The van der Waals surface area contributed by atoms with Gasteiger partial charge in [0.25, 0.3) is 11.8 Å². The number of amides is 2. The highest BCUT2D eigenvalue weighted by atomic mass is 19.4. The predicted molar refractivity (Wildman–Crippen MR) is 102 cm³/mol. The van der Waals surface area contributed by atoms with Crippen LogP contribution in [0.2, 0.25) is 0 Å². The molecule has 2 fully saturated rings. The molecule has 0 radical (unpaired) electrons. The lowest BCUT2D eigenvalue weighted by atomic mass is 10.1. The van der Waals surface area contributed by atoms with Gasteiger partial charge in [-0.25, -0.2) is 0 Å². The molecular formula is C20H29F3N4O2+2. The second-order valence-corrected chi connectivity index (χ2v) is 7.96. The Morgan fingerprint density at radius 3 is 2.21 bits per heavy atom. The first-order valence-electron chi connectivity index (χ1n) is 10.2. The van der Waals surface area contributed by atoms with E-state index in [-0.39, 0.29) is 17.9 Å². The minimum Gasteiger partial charge on any atom is -0.338 e. The molecule has 2 amide bonds. The highest BCUT2D eigenvalue weighted by molar-refractivity contribution is 5.93. The van der Waals surface area contributed by atoms with E-state index in [1.165, 1.54) is 17.0 Å². The van der Waals surface area contributed by atoms with E-state index in [1.807, 2.05) is 11.8 Å². The molecule has 1 aromatic rings. The van der Waals surface area contributed by atoms with Crippen molar-refractivity contribution in [2.75, 3.05) is 51.1 Å². The van der Waals surface area contributed by atoms with E-state index in [9.17, 15) is 22.8 Å². The largest absolute Gasteiger partial charge is 0.416 e. The normalized spacial score (nSPS) is 23.7. The SMILES string of the molecule is C[C@@H](C(=O)Nc1ccc(C(F)(F)F)cc1)[NH+]1CC[NH+](CC(=O)N2CCCC2)CC1. The number of alkyl halides is 3. The van der Waals surface area contributed by atoms with Gasteiger partial charge in [0.2, 0.25) is 0 Å². The molecule has 2 saturated heterocycles. The summed E-state index contributed by atoms with van der Waals surface area (Å²) >= 11 is 0. The summed E-state index contributed by atoms with van der Waals surface area (Å²) in [6.07, 6.45) is -2.22. The van der Waals surface area contributed by atoms with Crippen molar-refractivity contribution < 1.29 is 32.6 Å². The van der Waals surface area contributed by atoms with Crippen LogP contribution in [0.5, 0.6) is 0 Å². The number of benzene rings is 1. The number of nitrogens with one attached hydrogen (secondary N) is 3. The monoisotopic (exact) mass is 414 g/mol. The van der Waals surface area contributed by atoms with Gasteiger partial charge < -0.3 is 20.0 Å². The third kappa shape index (κ3) is 5.70. The minimum absolute atomic E-state index is 0.212. The molecule has 3 N–H and O–H groups in total. The lowest BCUT2D eigenvalue weighted by molar-refractivity contribution is -1.01. The Labute approximate surface area is 168 Å². The van der Waals surface area contributed by atoms with Gasteiger partial charge in [0.1, 0.15) is 26.2 Å². The fourth-order valence-electron chi connectivity index (χ4n) is 4.01. The summed E-state index contributed by atoms with van der Waals surface area (Å²) in [5.41, 5.74) is -0.383. The third-order valence-electron chi connectivity index (χ3n) is 5.94. The Morgan fingerprint density at radius 2 is 1.66 bits per heavy atom. The summed E-state index contributed by atoms with van der Waals surface area (Å²) in [6, 6.07) is 4.16. The van der Waals surface area contributed by atoms with Gasteiger partial charge in [-0.3, -0.25) is 9.59 Å². The molecule has 0 spiro atoms. The zero-order valence-corrected chi connectivity index (χ0v) is 16.6. The second kappa shape index (κ2) is 9.13. The average molecular weight is 414 g/mol. The third-order valence-corrected chi connectivity index (χ3v) is 5.94. The van der Waals surface area contributed by atoms with Crippen molar-refractivity contribution in [1.29, 1.82) is 0 Å². The topological polar surface area (TPSA) is 58.3 Å². The summed E-state index contributed by atoms with van der Waals surface area (Å²) in [5, 5.41) is 2.70. The smallest absolute Gasteiger partial charge is 0.338 e. The molecule has 160 valence electrons. The van der Waals surface area contributed by atoms with Crippen LogP contribution in [-0.4, -0.2) is 68.6 Å². The maximum atomic E-state index is 12.6. The number of hydrogen-bond acceptors (Lipinski definition) is 2. The number of carbonyl (C=O) groups is 2. The molecule has 2 aliphatic rings. The van der Waals surface area contributed by atoms with Crippen LogP contribution in [0.25, 0.3) is 0 Å². The summed E-state index contributed by atoms with van der Waals surface area (Å²) in [7, 11) is 0. The van der Waals surface area contributed by atoms with E-state index in [2.05, 4.69) is 5.32 Å². The molecule has 0 bridgehead atoms. The molecular weight excluding hydrogens is 385 g/mol. The molecule has 2 heterocycles. The van der Waals surface area contributed by atoms with E-state index in [4.69, 9.17) is 0 Å². The Hall–Kier alpha value is -2.13. The zero-order chi connectivity index (χ0) is 21.0. The Bertz CT molecular complexity index is 709. The van der Waals surface area contributed by atoms with Gasteiger partial charge in [-0.1, -0.05) is 0 Å². The van der Waals surface area contributed by atoms with Crippen molar-refractivity contribution in [2.45, 2.75) is 32.0 Å². The number of anilines is 1. The maximum Gasteiger partial charge on any atom is 0.416 e. The van der Waals surface area contributed by atoms with Gasteiger partial charge in [0, 0.05) is 18.8 Å². The van der Waals surface area contributed by atoms with Crippen LogP contribution in [0.15, 0.2) is 24.3 Å². The van der Waals surface area contributed by atoms with Gasteiger partial charge in [-0.2, -0.15) is 13.2 Å². The molecule has 0 unspecified atom stereocenters. The number of piperazine rings is 1. The lowest BCUT2D eigenvalue weighted by Crippen LogP contribution is -3.30. The predicted octanol–water partition coefficient (Wildman–Crippen LogP) is -0.562. The number of quaternary nitrogens is 2. The maximum absolute atomic E-state index is 12.6. The van der Waals surface area contributed by atoms with Crippen LogP contribution in [0.4, 0.5) is 18.9 Å². The molecule has 29 heavy (non-hydrogen) atoms. The number of rotatable bonds is 5. The van der Waals surface area contributed by atoms with Gasteiger partial charge in [-0.05, 0) is 44.0 Å². The zero-order valence-electron chi connectivity index (χ0n) is 16.6. The quantitative estimate of drug-likeness (QED) is 0.605. The van der Waals surface area contributed by atoms with E-state index in [0.717, 1.165) is 69.1 Å². The molecule has 1 atom stereocenters. The van der Waals surface area contributed by atoms with Crippen LogP contribution in [0.3, 0.4) is 0 Å². The first-order chi connectivity index (χ1) is 13.7. The van der Waals surface area contributed by atoms with Gasteiger partial charge in [0.15, 0.2) is 12.6 Å². The van der Waals surface area contributed by atoms with E-state index >= 15 is 0 Å². The molecule has 3 rings (SSSR count). The summed E-state index contributed by atoms with van der Waals surface area (Å²) in [6.45, 7) is 7.29. The van der Waals surface area contributed by atoms with Crippen molar-refractivity contribution in [3.63, 3.8) is 0 Å². The second-order valence-electron chi connectivity index (χ2n) is 7.96. The molecule has 0 aliphatic carbocycles. The minimum atomic E-state index is -4.39. The van der Waals surface area contributed by atoms with E-state index < -0.39 is 11.7 Å².